The lowest BCUT2D eigenvalue weighted by atomic mass is 10.0. The van der Waals surface area contributed by atoms with Gasteiger partial charge in [-0.3, -0.25) is 0 Å². The van der Waals surface area contributed by atoms with Crippen LogP contribution < -0.4 is 0 Å². The Kier molecular flexibility index (Phi) is 6.76. The Morgan fingerprint density at radius 1 is 0.750 bits per heavy atom. The van der Waals surface area contributed by atoms with Crippen LogP contribution >= 0.6 is 0 Å². The zero-order valence-electron chi connectivity index (χ0n) is 16.5. The first-order valence-corrected chi connectivity index (χ1v) is 9.91. The van der Waals surface area contributed by atoms with Crippen LogP contribution in [0.25, 0.3) is 22.4 Å². The second-order valence-electron chi connectivity index (χ2n) is 7.08. The molecule has 3 rings (SSSR count). The Balaban J connectivity index is 1.85. The van der Waals surface area contributed by atoms with Crippen LogP contribution in [0.3, 0.4) is 0 Å². The molecule has 0 aliphatic carbocycles. The average molecular weight is 376 g/mol. The fourth-order valence-corrected chi connectivity index (χ4v) is 3.36. The predicted octanol–water partition coefficient (Wildman–Crippen LogP) is 8.07. The standard InChI is InChI=1S/C26H26F2/c1-3-5-6-8-19-9-12-21(13-10-19)25(27)26(28)24-16-15-22-17-20(7-4-2)11-14-23(22)18-24/h3,5,9-18H,4,6-8H2,1-2H3/b5-3+,26-25?. The minimum absolute atomic E-state index is 0.269. The van der Waals surface area contributed by atoms with Gasteiger partial charge in [0, 0.05) is 11.1 Å². The van der Waals surface area contributed by atoms with Gasteiger partial charge >= 0.3 is 0 Å². The van der Waals surface area contributed by atoms with Gasteiger partial charge in [0.05, 0.1) is 0 Å². The summed E-state index contributed by atoms with van der Waals surface area (Å²) in [4.78, 5) is 0. The van der Waals surface area contributed by atoms with Crippen LogP contribution in [0.1, 0.15) is 48.9 Å². The molecule has 3 aromatic carbocycles. The fraction of sp³-hybridized carbons (Fsp3) is 0.231. The summed E-state index contributed by atoms with van der Waals surface area (Å²) in [5.74, 6) is -1.64. The monoisotopic (exact) mass is 376 g/mol. The van der Waals surface area contributed by atoms with E-state index in [2.05, 4.69) is 25.1 Å². The smallest absolute Gasteiger partial charge is 0.166 e. The summed E-state index contributed by atoms with van der Waals surface area (Å²) in [5.41, 5.74) is 2.92. The molecule has 0 aromatic heterocycles. The van der Waals surface area contributed by atoms with Crippen molar-refractivity contribution in [2.45, 2.75) is 39.5 Å². The number of fused-ring (bicyclic) bond motifs is 1. The van der Waals surface area contributed by atoms with E-state index >= 15 is 0 Å². The van der Waals surface area contributed by atoms with Gasteiger partial charge in [0.15, 0.2) is 11.7 Å². The topological polar surface area (TPSA) is 0 Å². The minimum atomic E-state index is -0.818. The van der Waals surface area contributed by atoms with Crippen LogP contribution in [0.4, 0.5) is 8.78 Å². The molecule has 0 atom stereocenters. The molecular formula is C26H26F2. The van der Waals surface area contributed by atoms with E-state index in [1.165, 1.54) is 5.56 Å². The van der Waals surface area contributed by atoms with Crippen LogP contribution in [0.5, 0.6) is 0 Å². The van der Waals surface area contributed by atoms with Gasteiger partial charge in [0.1, 0.15) is 0 Å². The van der Waals surface area contributed by atoms with Gasteiger partial charge in [0.25, 0.3) is 0 Å². The number of hydrogen-bond donors (Lipinski definition) is 0. The molecule has 0 N–H and O–H groups in total. The first kappa shape index (κ1) is 20.0. The maximum Gasteiger partial charge on any atom is 0.166 e. The molecule has 3 aromatic rings. The number of allylic oxidation sites excluding steroid dienone is 2. The number of rotatable bonds is 7. The number of hydrogen-bond acceptors (Lipinski definition) is 0. The van der Waals surface area contributed by atoms with E-state index in [9.17, 15) is 8.78 Å². The first-order chi connectivity index (χ1) is 13.6. The Hall–Kier alpha value is -2.74. The Labute approximate surface area is 166 Å². The van der Waals surface area contributed by atoms with Gasteiger partial charge in [-0.1, -0.05) is 80.1 Å². The molecule has 0 saturated carbocycles. The second-order valence-corrected chi connectivity index (χ2v) is 7.08. The van der Waals surface area contributed by atoms with Crippen molar-refractivity contribution in [3.8, 4) is 0 Å². The Morgan fingerprint density at radius 3 is 2.07 bits per heavy atom. The van der Waals surface area contributed by atoms with Crippen LogP contribution in [-0.2, 0) is 12.8 Å². The van der Waals surface area contributed by atoms with Gasteiger partial charge in [0.2, 0.25) is 0 Å². The summed E-state index contributed by atoms with van der Waals surface area (Å²) in [5, 5.41) is 1.97. The van der Waals surface area contributed by atoms with Crippen molar-refractivity contribution in [2.75, 3.05) is 0 Å². The Bertz CT molecular complexity index is 995. The van der Waals surface area contributed by atoms with Crippen molar-refractivity contribution in [1.29, 1.82) is 0 Å². The molecule has 0 heterocycles. The van der Waals surface area contributed by atoms with Crippen molar-refractivity contribution in [1.82, 2.24) is 0 Å². The van der Waals surface area contributed by atoms with Crippen molar-refractivity contribution >= 4 is 22.4 Å². The van der Waals surface area contributed by atoms with Crippen molar-refractivity contribution in [3.63, 3.8) is 0 Å². The van der Waals surface area contributed by atoms with Gasteiger partial charge < -0.3 is 0 Å². The van der Waals surface area contributed by atoms with Gasteiger partial charge in [-0.2, -0.15) is 0 Å². The summed E-state index contributed by atoms with van der Waals surface area (Å²) in [6, 6.07) is 18.4. The van der Waals surface area contributed by atoms with Crippen molar-refractivity contribution in [3.05, 3.63) is 95.1 Å². The van der Waals surface area contributed by atoms with Gasteiger partial charge in [-0.05, 0) is 54.2 Å². The second kappa shape index (κ2) is 9.45. The molecule has 0 aliphatic heterocycles. The molecule has 144 valence electrons. The lowest BCUT2D eigenvalue weighted by Gasteiger charge is -2.07. The summed E-state index contributed by atoms with van der Waals surface area (Å²) in [6.45, 7) is 4.13. The maximum absolute atomic E-state index is 14.8. The molecule has 0 radical (unpaired) electrons. The SMILES string of the molecule is C/C=C/CCc1ccc(C(F)=C(F)c2ccc3cc(CCC)ccc3c2)cc1. The summed E-state index contributed by atoms with van der Waals surface area (Å²) < 4.78 is 29.5. The molecule has 28 heavy (non-hydrogen) atoms. The highest BCUT2D eigenvalue weighted by Gasteiger charge is 2.12. The molecule has 2 heteroatoms. The van der Waals surface area contributed by atoms with E-state index in [0.29, 0.717) is 0 Å². The summed E-state index contributed by atoms with van der Waals surface area (Å²) >= 11 is 0. The highest BCUT2D eigenvalue weighted by Crippen LogP contribution is 2.31. The largest absolute Gasteiger partial charge is 0.203 e. The number of benzene rings is 3. The van der Waals surface area contributed by atoms with Crippen LogP contribution in [0.2, 0.25) is 0 Å². The molecule has 0 fully saturated rings. The molecule has 0 spiro atoms. The maximum atomic E-state index is 14.8. The van der Waals surface area contributed by atoms with E-state index < -0.39 is 11.7 Å². The first-order valence-electron chi connectivity index (χ1n) is 9.91. The molecule has 0 saturated heterocycles. The molecule has 0 bridgehead atoms. The molecule has 0 nitrogen and oxygen atoms in total. The normalized spacial score (nSPS) is 12.6. The highest BCUT2D eigenvalue weighted by molar-refractivity contribution is 5.90. The van der Waals surface area contributed by atoms with E-state index in [4.69, 9.17) is 0 Å². The van der Waals surface area contributed by atoms with Gasteiger partial charge in [-0.15, -0.1) is 0 Å². The summed E-state index contributed by atoms with van der Waals surface area (Å²) in [7, 11) is 0. The average Bonchev–Trinajstić information content (AvgIpc) is 2.73. The van der Waals surface area contributed by atoms with Crippen LogP contribution in [0.15, 0.2) is 72.8 Å². The third-order valence-electron chi connectivity index (χ3n) is 4.93. The zero-order valence-corrected chi connectivity index (χ0v) is 16.5. The Morgan fingerprint density at radius 2 is 1.36 bits per heavy atom. The minimum Gasteiger partial charge on any atom is -0.203 e. The highest BCUT2D eigenvalue weighted by atomic mass is 19.2. The quantitative estimate of drug-likeness (QED) is 0.289. The van der Waals surface area contributed by atoms with Gasteiger partial charge in [-0.25, -0.2) is 8.78 Å². The van der Waals surface area contributed by atoms with E-state index in [0.717, 1.165) is 42.0 Å². The fourth-order valence-electron chi connectivity index (χ4n) is 3.36. The lowest BCUT2D eigenvalue weighted by molar-refractivity contribution is 0.700. The molecule has 0 aliphatic rings. The molecule has 0 amide bonds. The van der Waals surface area contributed by atoms with Crippen LogP contribution in [-0.4, -0.2) is 0 Å². The van der Waals surface area contributed by atoms with Crippen LogP contribution in [0, 0.1) is 0 Å². The molecule has 0 unspecified atom stereocenters. The van der Waals surface area contributed by atoms with Crippen molar-refractivity contribution in [2.24, 2.45) is 0 Å². The van der Waals surface area contributed by atoms with Crippen molar-refractivity contribution < 1.29 is 8.78 Å². The zero-order chi connectivity index (χ0) is 19.9. The number of halogens is 2. The van der Waals surface area contributed by atoms with E-state index in [1.807, 2.05) is 37.3 Å². The summed E-state index contributed by atoms with van der Waals surface area (Å²) in [6.07, 6.45) is 8.05. The van der Waals surface area contributed by atoms with E-state index in [1.54, 1.807) is 24.3 Å². The van der Waals surface area contributed by atoms with E-state index in [-0.39, 0.29) is 11.1 Å². The third-order valence-corrected chi connectivity index (χ3v) is 4.93. The molecular weight excluding hydrogens is 350 g/mol. The lowest BCUT2D eigenvalue weighted by Crippen LogP contribution is -1.88. The predicted molar refractivity (Wildman–Crippen MR) is 117 cm³/mol. The third kappa shape index (κ3) is 4.75. The number of aryl methyl sites for hydroxylation is 2.